The second-order valence-corrected chi connectivity index (χ2v) is 41.4. The Morgan fingerprint density at radius 1 is 0.220 bits per heavy atom. The lowest BCUT2D eigenvalue weighted by Crippen LogP contribution is -2.11. The Morgan fingerprint density at radius 3 is 0.839 bits per heavy atom. The molecule has 0 aliphatic carbocycles. The summed E-state index contributed by atoms with van der Waals surface area (Å²) in [4.78, 5) is 0. The van der Waals surface area contributed by atoms with Crippen LogP contribution < -0.4 is 0 Å². The molecule has 0 bridgehead atoms. The third-order valence-electron chi connectivity index (χ3n) is 18.9. The van der Waals surface area contributed by atoms with Crippen LogP contribution in [0.15, 0.2) is 212 Å². The lowest BCUT2D eigenvalue weighted by molar-refractivity contribution is 0.499. The highest BCUT2D eigenvalue weighted by molar-refractivity contribution is 6.31. The van der Waals surface area contributed by atoms with Gasteiger partial charge >= 0.3 is 0 Å². The Hall–Kier alpha value is -7.42. The van der Waals surface area contributed by atoms with Crippen LogP contribution >= 0.6 is 34.8 Å². The van der Waals surface area contributed by atoms with Gasteiger partial charge in [0.1, 0.15) is 29.1 Å². The molecule has 0 N–H and O–H groups in total. The lowest BCUT2D eigenvalue weighted by Gasteiger charge is -2.19. The van der Waals surface area contributed by atoms with E-state index >= 15 is 0 Å². The summed E-state index contributed by atoms with van der Waals surface area (Å²) in [5, 5.41) is 1.80. The van der Waals surface area contributed by atoms with Crippen molar-refractivity contribution in [2.24, 2.45) is 0 Å². The third kappa shape index (κ3) is 44.2. The minimum Gasteiger partial charge on any atom is -0.207 e. The third-order valence-corrected chi connectivity index (χ3v) is 19.7. The Balaban J connectivity index is 0. The van der Waals surface area contributed by atoms with E-state index in [1.807, 2.05) is 117 Å². The first-order valence-corrected chi connectivity index (χ1v) is 41.4. The van der Waals surface area contributed by atoms with Crippen molar-refractivity contribution in [3.8, 4) is 0 Å². The van der Waals surface area contributed by atoms with Gasteiger partial charge in [-0.1, -0.05) is 397 Å². The van der Waals surface area contributed by atoms with Gasteiger partial charge in [0, 0.05) is 16.1 Å². The first-order valence-electron chi connectivity index (χ1n) is 40.2. The molecule has 0 saturated carbocycles. The zero-order chi connectivity index (χ0) is 89.9. The molecule has 0 spiro atoms. The molecule has 0 amide bonds. The predicted molar refractivity (Wildman–Crippen MR) is 508 cm³/mol. The average molecular weight is 1690 g/mol. The van der Waals surface area contributed by atoms with E-state index in [0.717, 1.165) is 50.9 Å². The van der Waals surface area contributed by atoms with E-state index in [-0.39, 0.29) is 91.5 Å². The van der Waals surface area contributed by atoms with Crippen LogP contribution in [0.25, 0.3) is 0 Å². The highest BCUT2D eigenvalue weighted by Crippen LogP contribution is 2.32. The molecule has 0 aliphatic rings. The van der Waals surface area contributed by atoms with E-state index in [0.29, 0.717) is 5.56 Å². The van der Waals surface area contributed by atoms with Crippen LogP contribution in [0.3, 0.4) is 0 Å². The van der Waals surface area contributed by atoms with Crippen molar-refractivity contribution >= 4 is 34.8 Å². The zero-order valence-corrected chi connectivity index (χ0v) is 79.5. The second-order valence-electron chi connectivity index (χ2n) is 40.1. The van der Waals surface area contributed by atoms with Crippen molar-refractivity contribution < 1.29 is 30.7 Å². The largest absolute Gasteiger partial charge is 0.207 e. The van der Waals surface area contributed by atoms with Crippen LogP contribution in [-0.4, -0.2) is 0 Å². The van der Waals surface area contributed by atoms with Crippen LogP contribution in [0.5, 0.6) is 0 Å². The number of aryl methyl sites for hydroxylation is 5. The monoisotopic (exact) mass is 1690 g/mol. The normalized spacial score (nSPS) is 11.5. The van der Waals surface area contributed by atoms with Gasteiger partial charge in [0.05, 0.1) is 5.02 Å². The Kier molecular flexibility index (Phi) is 46.1. The summed E-state index contributed by atoms with van der Waals surface area (Å²) < 4.78 is 89.2. The Morgan fingerprint density at radius 2 is 0.517 bits per heavy atom. The molecule has 10 rings (SSSR count). The van der Waals surface area contributed by atoms with E-state index in [4.69, 9.17) is 34.8 Å². The number of hydrogen-bond acceptors (Lipinski definition) is 0. The summed E-state index contributed by atoms with van der Waals surface area (Å²) in [5.74, 6) is -3.21. The molecule has 10 heteroatoms. The molecule has 0 fully saturated rings. The standard InChI is InChI=1S/2C12H18.C11H15F.C11H16.C10H12ClF.2C10H13Cl.2C10H12F2.C10H13F.2CH4/c1-9-6-7-11(8-10(9)2)12(3,4)5;1-5-10-6-8-11(9-7-10)12(2,3)4;1-8-7-9(11(2,3)4)5-6-10(8)12;1-9-5-7-10(8-6-9)11(2,3)4;1-10(2,3)7-4-5-8(11)9(12)6-7;1-10(2,3)8-4-6-9(11)7-5-8;1-10(2,3)8-5-4-6-9(11)7-8;1-10(2,3)7-4-8(11)6-9(12)5-7;1-10(2,3)7-4-5-8(11)9(12)6-7;1-10(2,3)8-5-4-6-9(11)7-8;;/h6-8H,1-5H3;6-9H,5H2,1-4H3;5-7H,1-4H3;5-8H,1-4H3;4-6H,1-3H3;2*4-7H,1-3H3;2*4-6H,1-3H3;4-7H,1-3H3;2*1H4. The molecule has 0 radical (unpaired) electrons. The summed E-state index contributed by atoms with van der Waals surface area (Å²) in [7, 11) is 0. The minimum atomic E-state index is -0.789. The highest BCUT2D eigenvalue weighted by atomic mass is 35.5. The van der Waals surface area contributed by atoms with E-state index in [1.165, 1.54) is 92.0 Å². The molecule has 0 heterocycles. The molecule has 652 valence electrons. The van der Waals surface area contributed by atoms with Crippen molar-refractivity contribution in [3.63, 3.8) is 0 Å². The fraction of sp³-hybridized carbons (Fsp3) is 0.444. The molecular weight excluding hydrogens is 1540 g/mol. The molecule has 10 aromatic carbocycles. The number of benzene rings is 10. The fourth-order valence-corrected chi connectivity index (χ4v) is 10.8. The lowest BCUT2D eigenvalue weighted by atomic mass is 9.85. The SMILES string of the molecule is C.C.CC(C)(C)c1cc(F)cc(F)c1.CC(C)(C)c1ccc(Cl)c(F)c1.CC(C)(C)c1ccc(Cl)cc1.CC(C)(C)c1ccc(F)c(F)c1.CC(C)(C)c1cccc(Cl)c1.CC(C)(C)c1cccc(F)c1.CCc1ccc(C(C)(C)C)cc1.Cc1cc(C(C)(C)C)ccc1F.Cc1ccc(C(C)(C)C)cc1.Cc1ccc(C(C)(C)C)cc1C. The van der Waals surface area contributed by atoms with Gasteiger partial charge in [-0.05, 0) is 245 Å². The van der Waals surface area contributed by atoms with Crippen LogP contribution in [0.1, 0.15) is 313 Å². The Labute approximate surface area is 730 Å². The van der Waals surface area contributed by atoms with E-state index in [2.05, 4.69) is 258 Å². The smallest absolute Gasteiger partial charge is 0.159 e. The second kappa shape index (κ2) is 48.3. The predicted octanol–water partition coefficient (Wildman–Crippen LogP) is 35.8. The molecule has 0 nitrogen and oxygen atoms in total. The van der Waals surface area contributed by atoms with Crippen LogP contribution in [0.4, 0.5) is 30.7 Å². The van der Waals surface area contributed by atoms with Gasteiger partial charge in [-0.15, -0.1) is 0 Å². The maximum atomic E-state index is 13.0. The molecule has 10 aromatic rings. The number of hydrogen-bond donors (Lipinski definition) is 0. The van der Waals surface area contributed by atoms with Gasteiger partial charge in [-0.2, -0.15) is 0 Å². The van der Waals surface area contributed by atoms with Gasteiger partial charge in [0.25, 0.3) is 0 Å². The summed E-state index contributed by atoms with van der Waals surface area (Å²) in [6, 6.07) is 65.0. The van der Waals surface area contributed by atoms with Gasteiger partial charge in [-0.3, -0.25) is 0 Å². The summed E-state index contributed by atoms with van der Waals surface area (Å²) in [6.45, 7) is 74.0. The summed E-state index contributed by atoms with van der Waals surface area (Å²) in [6.07, 6.45) is 1.13. The molecule has 118 heavy (non-hydrogen) atoms. The molecule has 0 aliphatic heterocycles. The van der Waals surface area contributed by atoms with Gasteiger partial charge in [-0.25, -0.2) is 30.7 Å². The van der Waals surface area contributed by atoms with Crippen LogP contribution in [0, 0.1) is 68.4 Å². The topological polar surface area (TPSA) is 0 Å². The van der Waals surface area contributed by atoms with E-state index in [9.17, 15) is 30.7 Å². The van der Waals surface area contributed by atoms with Crippen molar-refractivity contribution in [1.82, 2.24) is 0 Å². The van der Waals surface area contributed by atoms with Crippen molar-refractivity contribution in [3.05, 3.63) is 352 Å². The number of rotatable bonds is 1. The van der Waals surface area contributed by atoms with Crippen molar-refractivity contribution in [1.29, 1.82) is 0 Å². The summed E-state index contributed by atoms with van der Waals surface area (Å²) in [5.41, 5.74) is 18.8. The van der Waals surface area contributed by atoms with Crippen molar-refractivity contribution in [2.45, 2.75) is 318 Å². The highest BCUT2D eigenvalue weighted by Gasteiger charge is 2.21. The fourth-order valence-electron chi connectivity index (χ4n) is 10.4. The quantitative estimate of drug-likeness (QED) is 0.144. The Bertz CT molecular complexity index is 4180. The molecule has 0 saturated heterocycles. The van der Waals surface area contributed by atoms with Gasteiger partial charge < -0.3 is 0 Å². The van der Waals surface area contributed by atoms with E-state index in [1.54, 1.807) is 31.2 Å². The molecule has 0 aromatic heterocycles. The van der Waals surface area contributed by atoms with Gasteiger partial charge in [0.2, 0.25) is 0 Å². The first-order chi connectivity index (χ1) is 52.6. The van der Waals surface area contributed by atoms with Crippen LogP contribution in [0.2, 0.25) is 15.1 Å². The molecule has 0 unspecified atom stereocenters. The van der Waals surface area contributed by atoms with Crippen LogP contribution in [-0.2, 0) is 60.6 Å². The zero-order valence-electron chi connectivity index (χ0n) is 77.2. The summed E-state index contributed by atoms with van der Waals surface area (Å²) >= 11 is 17.2. The maximum absolute atomic E-state index is 13.0. The minimum absolute atomic E-state index is 0. The molecular formula is C108H150Cl3F7. The average Bonchev–Trinajstić information content (AvgIpc) is 0.871. The first kappa shape index (κ1) is 113. The van der Waals surface area contributed by atoms with Gasteiger partial charge in [0.15, 0.2) is 11.6 Å². The van der Waals surface area contributed by atoms with E-state index < -0.39 is 23.3 Å². The number of halogens is 10. The maximum Gasteiger partial charge on any atom is 0.159 e. The van der Waals surface area contributed by atoms with Crippen molar-refractivity contribution in [2.75, 3.05) is 0 Å². The molecule has 0 atom stereocenters.